The molecule has 7 heteroatoms. The molecule has 0 saturated carbocycles. The maximum absolute atomic E-state index is 9.18. The smallest absolute Gasteiger partial charge is 0.230 e. The summed E-state index contributed by atoms with van der Waals surface area (Å²) >= 11 is 0. The molecule has 1 aromatic heterocycles. The van der Waals surface area contributed by atoms with E-state index in [1.807, 2.05) is 34.6 Å². The highest BCUT2D eigenvalue weighted by atomic mass is 16.5. The van der Waals surface area contributed by atoms with Crippen LogP contribution in [0.2, 0.25) is 0 Å². The molecule has 0 bridgehead atoms. The molecule has 2 heterocycles. The van der Waals surface area contributed by atoms with E-state index in [4.69, 9.17) is 10.5 Å². The molecular weight excluding hydrogens is 282 g/mol. The van der Waals surface area contributed by atoms with Crippen LogP contribution in [0.25, 0.3) is 0 Å². The van der Waals surface area contributed by atoms with E-state index in [0.29, 0.717) is 31.3 Å². The molecule has 0 radical (unpaired) electrons. The van der Waals surface area contributed by atoms with Crippen LogP contribution in [0.1, 0.15) is 46.9 Å². The van der Waals surface area contributed by atoms with Gasteiger partial charge in [0, 0.05) is 25.1 Å². The number of nitrogens with two attached hydrogens (primary N) is 1. The lowest BCUT2D eigenvalue weighted by molar-refractivity contribution is -0.0902. The maximum atomic E-state index is 9.18. The SMILES string of the molecule is CC1(C)CN(c2nc(N)nc(C(C)(C)C)n2)CC(CCO)O1. The van der Waals surface area contributed by atoms with Gasteiger partial charge in [0.15, 0.2) is 0 Å². The molecule has 1 fully saturated rings. The fourth-order valence-corrected chi connectivity index (χ4v) is 2.60. The fourth-order valence-electron chi connectivity index (χ4n) is 2.60. The molecule has 1 aliphatic rings. The Bertz CT molecular complexity index is 527. The van der Waals surface area contributed by atoms with E-state index in [1.165, 1.54) is 0 Å². The number of ether oxygens (including phenoxy) is 1. The van der Waals surface area contributed by atoms with E-state index in [-0.39, 0.29) is 29.7 Å². The molecule has 7 nitrogen and oxygen atoms in total. The van der Waals surface area contributed by atoms with E-state index < -0.39 is 0 Å². The van der Waals surface area contributed by atoms with Crippen LogP contribution in [0.15, 0.2) is 0 Å². The number of morpholine rings is 1. The molecule has 2 rings (SSSR count). The lowest BCUT2D eigenvalue weighted by Gasteiger charge is -2.42. The van der Waals surface area contributed by atoms with Gasteiger partial charge in [-0.05, 0) is 20.3 Å². The molecule has 124 valence electrons. The van der Waals surface area contributed by atoms with Crippen molar-refractivity contribution in [3.8, 4) is 0 Å². The lowest BCUT2D eigenvalue weighted by atomic mass is 9.96. The van der Waals surface area contributed by atoms with Gasteiger partial charge in [0.1, 0.15) is 5.82 Å². The first-order valence-corrected chi connectivity index (χ1v) is 7.66. The highest BCUT2D eigenvalue weighted by molar-refractivity contribution is 5.37. The largest absolute Gasteiger partial charge is 0.396 e. The van der Waals surface area contributed by atoms with Crippen molar-refractivity contribution >= 4 is 11.9 Å². The minimum Gasteiger partial charge on any atom is -0.396 e. The van der Waals surface area contributed by atoms with Gasteiger partial charge in [0.25, 0.3) is 0 Å². The quantitative estimate of drug-likeness (QED) is 0.863. The van der Waals surface area contributed by atoms with Gasteiger partial charge in [-0.2, -0.15) is 15.0 Å². The molecule has 1 unspecified atom stereocenters. The summed E-state index contributed by atoms with van der Waals surface area (Å²) in [4.78, 5) is 15.2. The van der Waals surface area contributed by atoms with E-state index in [1.54, 1.807) is 0 Å². The van der Waals surface area contributed by atoms with Crippen molar-refractivity contribution in [3.05, 3.63) is 5.82 Å². The van der Waals surface area contributed by atoms with Crippen molar-refractivity contribution in [2.75, 3.05) is 30.3 Å². The molecule has 3 N–H and O–H groups in total. The molecular formula is C15H27N5O2. The van der Waals surface area contributed by atoms with E-state index >= 15 is 0 Å². The predicted molar refractivity (Wildman–Crippen MR) is 85.8 cm³/mol. The van der Waals surface area contributed by atoms with Gasteiger partial charge in [-0.1, -0.05) is 20.8 Å². The zero-order valence-electron chi connectivity index (χ0n) is 14.1. The van der Waals surface area contributed by atoms with Crippen LogP contribution in [-0.2, 0) is 10.2 Å². The second-order valence-electron chi connectivity index (χ2n) is 7.46. The highest BCUT2D eigenvalue weighted by Crippen LogP contribution is 2.27. The molecule has 0 amide bonds. The molecule has 22 heavy (non-hydrogen) atoms. The van der Waals surface area contributed by atoms with Gasteiger partial charge in [-0.15, -0.1) is 0 Å². The maximum Gasteiger partial charge on any atom is 0.230 e. The first kappa shape index (κ1) is 16.9. The number of aromatic nitrogens is 3. The normalized spacial score (nSPS) is 21.9. The van der Waals surface area contributed by atoms with Gasteiger partial charge in [-0.3, -0.25) is 0 Å². The first-order chi connectivity index (χ1) is 10.1. The number of hydrogen-bond donors (Lipinski definition) is 2. The topological polar surface area (TPSA) is 97.4 Å². The standard InChI is InChI=1S/C15H27N5O2/c1-14(2,3)11-17-12(16)19-13(18-11)20-8-10(6-7-21)22-15(4,5)9-20/h10,21H,6-9H2,1-5H3,(H2,16,17,18,19). The van der Waals surface area contributed by atoms with E-state index in [9.17, 15) is 5.11 Å². The Labute approximate surface area is 131 Å². The Morgan fingerprint density at radius 2 is 2.00 bits per heavy atom. The van der Waals surface area contributed by atoms with Gasteiger partial charge < -0.3 is 20.5 Å². The Morgan fingerprint density at radius 1 is 1.32 bits per heavy atom. The summed E-state index contributed by atoms with van der Waals surface area (Å²) in [5.41, 5.74) is 5.34. The second-order valence-corrected chi connectivity index (χ2v) is 7.46. The number of rotatable bonds is 3. The summed E-state index contributed by atoms with van der Waals surface area (Å²) < 4.78 is 5.99. The molecule has 1 atom stereocenters. The molecule has 1 aliphatic heterocycles. The summed E-state index contributed by atoms with van der Waals surface area (Å²) in [6, 6.07) is 0. The Morgan fingerprint density at radius 3 is 2.59 bits per heavy atom. The molecule has 0 spiro atoms. The summed E-state index contributed by atoms with van der Waals surface area (Å²) in [6.45, 7) is 11.6. The van der Waals surface area contributed by atoms with Crippen LogP contribution >= 0.6 is 0 Å². The third-order valence-corrected chi connectivity index (χ3v) is 3.53. The van der Waals surface area contributed by atoms with Crippen LogP contribution in [0.5, 0.6) is 0 Å². The van der Waals surface area contributed by atoms with E-state index in [2.05, 4.69) is 19.9 Å². The van der Waals surface area contributed by atoms with Crippen LogP contribution in [0.4, 0.5) is 11.9 Å². The Hall–Kier alpha value is -1.47. The van der Waals surface area contributed by atoms with Crippen molar-refractivity contribution in [2.45, 2.75) is 58.2 Å². The number of hydrogen-bond acceptors (Lipinski definition) is 7. The van der Waals surface area contributed by atoms with Crippen molar-refractivity contribution in [3.63, 3.8) is 0 Å². The van der Waals surface area contributed by atoms with Crippen molar-refractivity contribution < 1.29 is 9.84 Å². The minimum absolute atomic E-state index is 0.0511. The molecule has 0 aliphatic carbocycles. The number of nitrogen functional groups attached to an aromatic ring is 1. The zero-order chi connectivity index (χ0) is 16.5. The highest BCUT2D eigenvalue weighted by Gasteiger charge is 2.35. The lowest BCUT2D eigenvalue weighted by Crippen LogP contribution is -2.53. The molecule has 1 saturated heterocycles. The predicted octanol–water partition coefficient (Wildman–Crippen LogP) is 1.12. The number of anilines is 2. The van der Waals surface area contributed by atoms with Crippen LogP contribution < -0.4 is 10.6 Å². The second kappa shape index (κ2) is 5.96. The molecule has 0 aromatic carbocycles. The third-order valence-electron chi connectivity index (χ3n) is 3.53. The number of nitrogens with zero attached hydrogens (tertiary/aromatic N) is 4. The van der Waals surface area contributed by atoms with Crippen LogP contribution in [0, 0.1) is 0 Å². The average molecular weight is 309 g/mol. The zero-order valence-corrected chi connectivity index (χ0v) is 14.1. The van der Waals surface area contributed by atoms with Crippen LogP contribution in [-0.4, -0.2) is 51.5 Å². The summed E-state index contributed by atoms with van der Waals surface area (Å²) in [5.74, 6) is 1.49. The molecule has 1 aromatic rings. The van der Waals surface area contributed by atoms with Gasteiger partial charge in [0.05, 0.1) is 11.7 Å². The monoisotopic (exact) mass is 309 g/mol. The van der Waals surface area contributed by atoms with Gasteiger partial charge in [-0.25, -0.2) is 0 Å². The summed E-state index contributed by atoms with van der Waals surface area (Å²) in [5, 5.41) is 9.18. The van der Waals surface area contributed by atoms with Gasteiger partial charge in [0.2, 0.25) is 11.9 Å². The van der Waals surface area contributed by atoms with Crippen molar-refractivity contribution in [1.82, 2.24) is 15.0 Å². The van der Waals surface area contributed by atoms with E-state index in [0.717, 1.165) is 0 Å². The Balaban J connectivity index is 2.31. The average Bonchev–Trinajstić information content (AvgIpc) is 2.35. The first-order valence-electron chi connectivity index (χ1n) is 7.66. The fraction of sp³-hybridized carbons (Fsp3) is 0.800. The third kappa shape index (κ3) is 4.04. The van der Waals surface area contributed by atoms with Crippen LogP contribution in [0.3, 0.4) is 0 Å². The summed E-state index contributed by atoms with van der Waals surface area (Å²) in [6.07, 6.45) is 0.539. The summed E-state index contributed by atoms with van der Waals surface area (Å²) in [7, 11) is 0. The number of aliphatic hydroxyl groups excluding tert-OH is 1. The van der Waals surface area contributed by atoms with Gasteiger partial charge >= 0.3 is 0 Å². The van der Waals surface area contributed by atoms with Crippen molar-refractivity contribution in [1.29, 1.82) is 0 Å². The number of aliphatic hydroxyl groups is 1. The van der Waals surface area contributed by atoms with Crippen molar-refractivity contribution in [2.24, 2.45) is 0 Å². The Kier molecular flexibility index (Phi) is 4.58. The minimum atomic E-state index is -0.332.